The van der Waals surface area contributed by atoms with Gasteiger partial charge in [-0.3, -0.25) is 4.98 Å². The van der Waals surface area contributed by atoms with E-state index in [0.29, 0.717) is 5.39 Å². The molecule has 3 rings (SSSR count). The highest BCUT2D eigenvalue weighted by atomic mass is 19.1. The molecule has 0 fully saturated rings. The van der Waals surface area contributed by atoms with Crippen LogP contribution in [0.15, 0.2) is 54.9 Å². The molecule has 2 aromatic carbocycles. The van der Waals surface area contributed by atoms with Gasteiger partial charge in [0.25, 0.3) is 0 Å². The number of nitrogens with two attached hydrogens (primary N) is 1. The molecule has 0 saturated carbocycles. The molecule has 0 spiro atoms. The van der Waals surface area contributed by atoms with E-state index in [1.165, 1.54) is 6.07 Å². The summed E-state index contributed by atoms with van der Waals surface area (Å²) in [6.45, 7) is 2.00. The topological polar surface area (TPSA) is 38.9 Å². The standard InChI is InChI=1S/C17H15FN2/c1-11-8-9-20-10-15(11)17(19)14-6-7-16(18)13-5-3-2-4-12(13)14/h2-10,17H,19H2,1H3. The van der Waals surface area contributed by atoms with Crippen molar-refractivity contribution < 1.29 is 4.39 Å². The molecule has 0 amide bonds. The number of aromatic nitrogens is 1. The van der Waals surface area contributed by atoms with Crippen molar-refractivity contribution in [1.29, 1.82) is 0 Å². The van der Waals surface area contributed by atoms with E-state index < -0.39 is 0 Å². The first-order valence-corrected chi connectivity index (χ1v) is 6.51. The van der Waals surface area contributed by atoms with Gasteiger partial charge in [0.1, 0.15) is 5.82 Å². The maximum atomic E-state index is 13.9. The number of pyridine rings is 1. The SMILES string of the molecule is Cc1ccncc1C(N)c1ccc(F)c2ccccc12. The fourth-order valence-corrected chi connectivity index (χ4v) is 2.53. The average Bonchev–Trinajstić information content (AvgIpc) is 2.48. The summed E-state index contributed by atoms with van der Waals surface area (Å²) >= 11 is 0. The van der Waals surface area contributed by atoms with E-state index in [9.17, 15) is 4.39 Å². The number of halogens is 1. The Kier molecular flexibility index (Phi) is 3.20. The maximum absolute atomic E-state index is 13.9. The molecule has 1 atom stereocenters. The normalized spacial score (nSPS) is 12.6. The van der Waals surface area contributed by atoms with E-state index in [4.69, 9.17) is 5.73 Å². The zero-order chi connectivity index (χ0) is 14.1. The third-order valence-corrected chi connectivity index (χ3v) is 3.65. The van der Waals surface area contributed by atoms with Crippen LogP contribution in [-0.2, 0) is 0 Å². The van der Waals surface area contributed by atoms with E-state index in [-0.39, 0.29) is 11.9 Å². The molecule has 1 aromatic heterocycles. The molecule has 2 nitrogen and oxygen atoms in total. The van der Waals surface area contributed by atoms with Crippen molar-refractivity contribution in [3.05, 3.63) is 77.4 Å². The molecule has 3 aromatic rings. The molecule has 0 aliphatic rings. The van der Waals surface area contributed by atoms with E-state index in [1.807, 2.05) is 31.2 Å². The van der Waals surface area contributed by atoms with Crippen LogP contribution in [0.1, 0.15) is 22.7 Å². The van der Waals surface area contributed by atoms with Crippen molar-refractivity contribution in [2.75, 3.05) is 0 Å². The van der Waals surface area contributed by atoms with E-state index in [2.05, 4.69) is 4.98 Å². The Balaban J connectivity index is 2.20. The number of benzene rings is 2. The lowest BCUT2D eigenvalue weighted by molar-refractivity contribution is 0.639. The van der Waals surface area contributed by atoms with Crippen LogP contribution in [0.5, 0.6) is 0 Å². The zero-order valence-corrected chi connectivity index (χ0v) is 11.2. The average molecular weight is 266 g/mol. The summed E-state index contributed by atoms with van der Waals surface area (Å²) in [5.74, 6) is -0.223. The summed E-state index contributed by atoms with van der Waals surface area (Å²) in [5, 5.41) is 1.45. The first-order valence-electron chi connectivity index (χ1n) is 6.51. The van der Waals surface area contributed by atoms with Crippen molar-refractivity contribution in [3.8, 4) is 0 Å². The molecule has 0 radical (unpaired) electrons. The van der Waals surface area contributed by atoms with Gasteiger partial charge in [-0.05, 0) is 41.1 Å². The zero-order valence-electron chi connectivity index (χ0n) is 11.2. The smallest absolute Gasteiger partial charge is 0.131 e. The van der Waals surface area contributed by atoms with Gasteiger partial charge in [-0.15, -0.1) is 0 Å². The quantitative estimate of drug-likeness (QED) is 0.767. The van der Waals surface area contributed by atoms with Crippen molar-refractivity contribution in [1.82, 2.24) is 4.98 Å². The third-order valence-electron chi connectivity index (χ3n) is 3.65. The number of hydrogen-bond acceptors (Lipinski definition) is 2. The Morgan fingerprint density at radius 2 is 1.75 bits per heavy atom. The summed E-state index contributed by atoms with van der Waals surface area (Å²) in [6.07, 6.45) is 3.52. The van der Waals surface area contributed by atoms with Crippen LogP contribution in [0.3, 0.4) is 0 Å². The van der Waals surface area contributed by atoms with E-state index in [0.717, 1.165) is 22.1 Å². The predicted octanol–water partition coefficient (Wildman–Crippen LogP) is 3.73. The molecule has 100 valence electrons. The summed E-state index contributed by atoms with van der Waals surface area (Å²) in [7, 11) is 0. The van der Waals surface area contributed by atoms with Crippen LogP contribution >= 0.6 is 0 Å². The molecule has 3 heteroatoms. The van der Waals surface area contributed by atoms with Gasteiger partial charge in [-0.25, -0.2) is 4.39 Å². The second-order valence-corrected chi connectivity index (χ2v) is 4.89. The second kappa shape index (κ2) is 5.02. The molecule has 1 unspecified atom stereocenters. The van der Waals surface area contributed by atoms with Crippen LogP contribution in [-0.4, -0.2) is 4.98 Å². The van der Waals surface area contributed by atoms with Gasteiger partial charge in [0.15, 0.2) is 0 Å². The first-order chi connectivity index (χ1) is 9.68. The summed E-state index contributed by atoms with van der Waals surface area (Å²) < 4.78 is 13.9. The van der Waals surface area contributed by atoms with Gasteiger partial charge in [0.2, 0.25) is 0 Å². The first kappa shape index (κ1) is 12.8. The van der Waals surface area contributed by atoms with E-state index in [1.54, 1.807) is 24.5 Å². The fraction of sp³-hybridized carbons (Fsp3) is 0.118. The molecule has 1 heterocycles. The summed E-state index contributed by atoms with van der Waals surface area (Å²) in [5.41, 5.74) is 9.33. The summed E-state index contributed by atoms with van der Waals surface area (Å²) in [6, 6.07) is 12.3. The fourth-order valence-electron chi connectivity index (χ4n) is 2.53. The number of aryl methyl sites for hydroxylation is 1. The highest BCUT2D eigenvalue weighted by molar-refractivity contribution is 5.87. The Bertz CT molecular complexity index is 768. The lowest BCUT2D eigenvalue weighted by atomic mass is 9.93. The Morgan fingerprint density at radius 1 is 1.00 bits per heavy atom. The van der Waals surface area contributed by atoms with Gasteiger partial charge in [-0.1, -0.05) is 30.3 Å². The molecular formula is C17H15FN2. The summed E-state index contributed by atoms with van der Waals surface area (Å²) in [4.78, 5) is 4.14. The molecule has 0 saturated heterocycles. The minimum absolute atomic E-state index is 0.223. The van der Waals surface area contributed by atoms with Crippen molar-refractivity contribution in [2.24, 2.45) is 5.73 Å². The molecule has 2 N–H and O–H groups in total. The van der Waals surface area contributed by atoms with E-state index >= 15 is 0 Å². The predicted molar refractivity (Wildman–Crippen MR) is 78.9 cm³/mol. The van der Waals surface area contributed by atoms with Crippen LogP contribution in [0.25, 0.3) is 10.8 Å². The lowest BCUT2D eigenvalue weighted by Crippen LogP contribution is -2.14. The molecule has 20 heavy (non-hydrogen) atoms. The molecule has 0 aliphatic heterocycles. The number of rotatable bonds is 2. The van der Waals surface area contributed by atoms with Gasteiger partial charge in [-0.2, -0.15) is 0 Å². The van der Waals surface area contributed by atoms with Crippen LogP contribution in [0.2, 0.25) is 0 Å². The Morgan fingerprint density at radius 3 is 2.50 bits per heavy atom. The van der Waals surface area contributed by atoms with Gasteiger partial charge >= 0.3 is 0 Å². The van der Waals surface area contributed by atoms with Gasteiger partial charge in [0, 0.05) is 17.8 Å². The second-order valence-electron chi connectivity index (χ2n) is 4.89. The molecule has 0 aliphatic carbocycles. The molecular weight excluding hydrogens is 251 g/mol. The Labute approximate surface area is 117 Å². The minimum atomic E-state index is -0.311. The van der Waals surface area contributed by atoms with Crippen LogP contribution in [0.4, 0.5) is 4.39 Å². The number of hydrogen-bond donors (Lipinski definition) is 1. The van der Waals surface area contributed by atoms with Crippen LogP contribution < -0.4 is 5.73 Å². The van der Waals surface area contributed by atoms with Crippen LogP contribution in [0, 0.1) is 12.7 Å². The molecule has 0 bridgehead atoms. The highest BCUT2D eigenvalue weighted by Gasteiger charge is 2.15. The number of nitrogens with zero attached hydrogens (tertiary/aromatic N) is 1. The van der Waals surface area contributed by atoms with Crippen molar-refractivity contribution in [2.45, 2.75) is 13.0 Å². The third kappa shape index (κ3) is 2.06. The van der Waals surface area contributed by atoms with Crippen molar-refractivity contribution >= 4 is 10.8 Å². The lowest BCUT2D eigenvalue weighted by Gasteiger charge is -2.17. The largest absolute Gasteiger partial charge is 0.320 e. The van der Waals surface area contributed by atoms with Gasteiger partial charge < -0.3 is 5.73 Å². The minimum Gasteiger partial charge on any atom is -0.320 e. The Hall–Kier alpha value is -2.26. The number of fused-ring (bicyclic) bond motifs is 1. The highest BCUT2D eigenvalue weighted by Crippen LogP contribution is 2.29. The monoisotopic (exact) mass is 266 g/mol. The maximum Gasteiger partial charge on any atom is 0.131 e. The van der Waals surface area contributed by atoms with Crippen molar-refractivity contribution in [3.63, 3.8) is 0 Å². The van der Waals surface area contributed by atoms with Gasteiger partial charge in [0.05, 0.1) is 6.04 Å².